The quantitative estimate of drug-likeness (QED) is 0.931. The highest BCUT2D eigenvalue weighted by molar-refractivity contribution is 6.30. The van der Waals surface area contributed by atoms with Crippen LogP contribution in [-0.2, 0) is 0 Å². The maximum Gasteiger partial charge on any atom is 0.274 e. The number of amides is 1. The summed E-state index contributed by atoms with van der Waals surface area (Å²) in [4.78, 5) is 14.3. The second-order valence-corrected chi connectivity index (χ2v) is 6.35. The van der Waals surface area contributed by atoms with Crippen LogP contribution in [0.2, 0.25) is 5.02 Å². The van der Waals surface area contributed by atoms with Crippen molar-refractivity contribution in [2.75, 3.05) is 18.4 Å². The molecule has 2 aromatic rings. The van der Waals surface area contributed by atoms with Gasteiger partial charge in [-0.3, -0.25) is 4.79 Å². The highest BCUT2D eigenvalue weighted by Crippen LogP contribution is 2.19. The standard InChI is InChI=1S/C17H19ClN4O/c1-12-8-10-22(11-9-12)17(23)15-6-7-16(21-20-15)19-14-4-2-13(18)3-5-14/h2-7,12H,8-11H2,1H3,(H,19,21). The summed E-state index contributed by atoms with van der Waals surface area (Å²) in [6, 6.07) is 10.8. The van der Waals surface area contributed by atoms with Crippen LogP contribution in [0.15, 0.2) is 36.4 Å². The van der Waals surface area contributed by atoms with E-state index in [1.165, 1.54) is 0 Å². The lowest BCUT2D eigenvalue weighted by Gasteiger charge is -2.29. The van der Waals surface area contributed by atoms with Crippen LogP contribution in [0.5, 0.6) is 0 Å². The molecule has 1 aromatic heterocycles. The summed E-state index contributed by atoms with van der Waals surface area (Å²) < 4.78 is 0. The highest BCUT2D eigenvalue weighted by Gasteiger charge is 2.22. The number of rotatable bonds is 3. The number of benzene rings is 1. The van der Waals surface area contributed by atoms with Gasteiger partial charge in [0, 0.05) is 23.8 Å². The Hall–Kier alpha value is -2.14. The molecule has 0 atom stereocenters. The van der Waals surface area contributed by atoms with Gasteiger partial charge in [-0.05, 0) is 55.2 Å². The zero-order chi connectivity index (χ0) is 16.2. The van der Waals surface area contributed by atoms with Gasteiger partial charge < -0.3 is 10.2 Å². The topological polar surface area (TPSA) is 58.1 Å². The number of carbonyl (C=O) groups excluding carboxylic acids is 1. The molecule has 1 aliphatic rings. The smallest absolute Gasteiger partial charge is 0.274 e. The molecule has 1 aromatic carbocycles. The zero-order valence-electron chi connectivity index (χ0n) is 13.0. The maximum absolute atomic E-state index is 12.4. The Morgan fingerprint density at radius 3 is 2.43 bits per heavy atom. The lowest BCUT2D eigenvalue weighted by Crippen LogP contribution is -2.38. The predicted octanol–water partition coefficient (Wildman–Crippen LogP) is 3.75. The number of halogens is 1. The van der Waals surface area contributed by atoms with Crippen molar-refractivity contribution < 1.29 is 4.79 Å². The van der Waals surface area contributed by atoms with Gasteiger partial charge in [0.05, 0.1) is 0 Å². The Labute approximate surface area is 140 Å². The Balaban J connectivity index is 1.64. The van der Waals surface area contributed by atoms with Crippen LogP contribution in [0.4, 0.5) is 11.5 Å². The van der Waals surface area contributed by atoms with E-state index in [1.54, 1.807) is 24.3 Å². The first-order valence-corrected chi connectivity index (χ1v) is 8.15. The Bertz CT molecular complexity index is 664. The summed E-state index contributed by atoms with van der Waals surface area (Å²) in [7, 11) is 0. The van der Waals surface area contributed by atoms with Crippen molar-refractivity contribution >= 4 is 29.0 Å². The molecule has 1 fully saturated rings. The number of hydrogen-bond donors (Lipinski definition) is 1. The van der Waals surface area contributed by atoms with Gasteiger partial charge in [-0.25, -0.2) is 0 Å². The van der Waals surface area contributed by atoms with Gasteiger partial charge in [-0.1, -0.05) is 18.5 Å². The van der Waals surface area contributed by atoms with Crippen LogP contribution in [-0.4, -0.2) is 34.1 Å². The lowest BCUT2D eigenvalue weighted by molar-refractivity contribution is 0.0690. The number of likely N-dealkylation sites (tertiary alicyclic amines) is 1. The molecular formula is C17H19ClN4O. The van der Waals surface area contributed by atoms with Crippen LogP contribution < -0.4 is 5.32 Å². The zero-order valence-corrected chi connectivity index (χ0v) is 13.8. The number of anilines is 2. The summed E-state index contributed by atoms with van der Waals surface area (Å²) in [6.07, 6.45) is 2.10. The van der Waals surface area contributed by atoms with Crippen molar-refractivity contribution in [1.29, 1.82) is 0 Å². The van der Waals surface area contributed by atoms with Crippen LogP contribution in [0, 0.1) is 5.92 Å². The third-order valence-corrected chi connectivity index (χ3v) is 4.32. The largest absolute Gasteiger partial charge is 0.339 e. The first-order chi connectivity index (χ1) is 11.1. The molecule has 2 heterocycles. The van der Waals surface area contributed by atoms with E-state index in [2.05, 4.69) is 22.4 Å². The number of hydrogen-bond acceptors (Lipinski definition) is 4. The molecule has 0 aliphatic carbocycles. The normalized spacial score (nSPS) is 15.5. The van der Waals surface area contributed by atoms with Crippen LogP contribution in [0.3, 0.4) is 0 Å². The number of nitrogens with one attached hydrogen (secondary N) is 1. The molecule has 0 bridgehead atoms. The molecule has 23 heavy (non-hydrogen) atoms. The van der Waals surface area contributed by atoms with Crippen LogP contribution >= 0.6 is 11.6 Å². The fourth-order valence-electron chi connectivity index (χ4n) is 2.57. The van der Waals surface area contributed by atoms with Gasteiger partial charge in [-0.15, -0.1) is 10.2 Å². The van der Waals surface area contributed by atoms with E-state index < -0.39 is 0 Å². The third-order valence-electron chi connectivity index (χ3n) is 4.07. The minimum atomic E-state index is -0.0394. The van der Waals surface area contributed by atoms with Gasteiger partial charge >= 0.3 is 0 Å². The highest BCUT2D eigenvalue weighted by atomic mass is 35.5. The van der Waals surface area contributed by atoms with Crippen molar-refractivity contribution in [3.8, 4) is 0 Å². The van der Waals surface area contributed by atoms with E-state index in [0.29, 0.717) is 22.5 Å². The van der Waals surface area contributed by atoms with Crippen LogP contribution in [0.1, 0.15) is 30.3 Å². The molecule has 1 saturated heterocycles. The fraction of sp³-hybridized carbons (Fsp3) is 0.353. The Kier molecular flexibility index (Phi) is 4.76. The molecule has 1 amide bonds. The summed E-state index contributed by atoms with van der Waals surface area (Å²) >= 11 is 5.86. The van der Waals surface area contributed by atoms with E-state index in [9.17, 15) is 4.79 Å². The first kappa shape index (κ1) is 15.7. The summed E-state index contributed by atoms with van der Waals surface area (Å²) in [5.74, 6) is 1.25. The molecule has 1 N–H and O–H groups in total. The summed E-state index contributed by atoms with van der Waals surface area (Å²) in [5.41, 5.74) is 1.26. The molecule has 1 aliphatic heterocycles. The first-order valence-electron chi connectivity index (χ1n) is 7.77. The van der Waals surface area contributed by atoms with E-state index in [1.807, 2.05) is 17.0 Å². The van der Waals surface area contributed by atoms with E-state index in [4.69, 9.17) is 11.6 Å². The van der Waals surface area contributed by atoms with Crippen molar-refractivity contribution in [1.82, 2.24) is 15.1 Å². The van der Waals surface area contributed by atoms with Gasteiger partial charge in [-0.2, -0.15) is 0 Å². The maximum atomic E-state index is 12.4. The number of carbonyl (C=O) groups is 1. The van der Waals surface area contributed by atoms with Crippen LogP contribution in [0.25, 0.3) is 0 Å². The van der Waals surface area contributed by atoms with Gasteiger partial charge in [0.15, 0.2) is 11.5 Å². The molecule has 0 unspecified atom stereocenters. The molecule has 120 valence electrons. The summed E-state index contributed by atoms with van der Waals surface area (Å²) in [6.45, 7) is 3.82. The van der Waals surface area contributed by atoms with Crippen molar-refractivity contribution in [3.63, 3.8) is 0 Å². The van der Waals surface area contributed by atoms with Gasteiger partial charge in [0.2, 0.25) is 0 Å². The monoisotopic (exact) mass is 330 g/mol. The lowest BCUT2D eigenvalue weighted by atomic mass is 9.99. The SMILES string of the molecule is CC1CCN(C(=O)c2ccc(Nc3ccc(Cl)cc3)nn2)CC1. The van der Waals surface area contributed by atoms with E-state index in [-0.39, 0.29) is 5.91 Å². The number of piperidine rings is 1. The fourth-order valence-corrected chi connectivity index (χ4v) is 2.69. The molecule has 0 saturated carbocycles. The number of aromatic nitrogens is 2. The molecular weight excluding hydrogens is 312 g/mol. The van der Waals surface area contributed by atoms with E-state index in [0.717, 1.165) is 31.6 Å². The summed E-state index contributed by atoms with van der Waals surface area (Å²) in [5, 5.41) is 11.9. The van der Waals surface area contributed by atoms with Crippen molar-refractivity contribution in [3.05, 3.63) is 47.1 Å². The third kappa shape index (κ3) is 3.99. The van der Waals surface area contributed by atoms with Gasteiger partial charge in [0.25, 0.3) is 5.91 Å². The molecule has 5 nitrogen and oxygen atoms in total. The molecule has 3 rings (SSSR count). The molecule has 0 radical (unpaired) electrons. The van der Waals surface area contributed by atoms with Crippen molar-refractivity contribution in [2.45, 2.75) is 19.8 Å². The van der Waals surface area contributed by atoms with Gasteiger partial charge in [0.1, 0.15) is 0 Å². The second-order valence-electron chi connectivity index (χ2n) is 5.91. The van der Waals surface area contributed by atoms with Crippen molar-refractivity contribution in [2.24, 2.45) is 5.92 Å². The minimum Gasteiger partial charge on any atom is -0.339 e. The average Bonchev–Trinajstić information content (AvgIpc) is 2.58. The predicted molar refractivity (Wildman–Crippen MR) is 91.1 cm³/mol. The second kappa shape index (κ2) is 6.96. The average molecular weight is 331 g/mol. The van der Waals surface area contributed by atoms with E-state index >= 15 is 0 Å². The molecule has 6 heteroatoms. The Morgan fingerprint density at radius 2 is 1.83 bits per heavy atom. The Morgan fingerprint density at radius 1 is 1.13 bits per heavy atom. The molecule has 0 spiro atoms. The number of nitrogens with zero attached hydrogens (tertiary/aromatic N) is 3. The minimum absolute atomic E-state index is 0.0394.